The van der Waals surface area contributed by atoms with Gasteiger partial charge in [0, 0.05) is 19.3 Å². The summed E-state index contributed by atoms with van der Waals surface area (Å²) in [6, 6.07) is 11.9. The lowest BCUT2D eigenvalue weighted by molar-refractivity contribution is -0.121. The molecule has 8 heteroatoms. The molecule has 0 atom stereocenters. The monoisotopic (exact) mass is 404 g/mol. The molecule has 0 saturated carbocycles. The minimum Gasteiger partial charge on any atom is -0.493 e. The molecule has 0 fully saturated rings. The number of fused-ring (bicyclic) bond motifs is 1. The lowest BCUT2D eigenvalue weighted by Crippen LogP contribution is -2.33. The highest BCUT2D eigenvalue weighted by atomic mass is 32.2. The molecule has 1 aliphatic heterocycles. The number of carbonyl (C=O) groups excluding carboxylic acids is 1. The Morgan fingerprint density at radius 3 is 2.46 bits per heavy atom. The number of hydrogen-bond donors (Lipinski definition) is 1. The maximum absolute atomic E-state index is 12.7. The van der Waals surface area contributed by atoms with Crippen molar-refractivity contribution in [2.45, 2.75) is 24.2 Å². The molecule has 1 aliphatic rings. The number of anilines is 1. The Kier molecular flexibility index (Phi) is 5.36. The van der Waals surface area contributed by atoms with Gasteiger partial charge < -0.3 is 14.4 Å². The van der Waals surface area contributed by atoms with Crippen LogP contribution >= 0.6 is 0 Å². The third-order valence-electron chi connectivity index (χ3n) is 4.87. The van der Waals surface area contributed by atoms with Gasteiger partial charge in [0.1, 0.15) is 6.61 Å². The Labute approximate surface area is 165 Å². The summed E-state index contributed by atoms with van der Waals surface area (Å²) in [5.41, 5.74) is 0.671. The van der Waals surface area contributed by atoms with Crippen molar-refractivity contribution in [2.75, 3.05) is 32.2 Å². The van der Waals surface area contributed by atoms with Crippen LogP contribution in [0, 0.1) is 0 Å². The first-order valence-corrected chi connectivity index (χ1v) is 10.3. The molecular formula is C20H24N2O5S. The second kappa shape index (κ2) is 7.44. The molecule has 0 aromatic heterocycles. The van der Waals surface area contributed by atoms with Crippen molar-refractivity contribution in [3.8, 4) is 11.5 Å². The Morgan fingerprint density at radius 2 is 1.79 bits per heavy atom. The smallest absolute Gasteiger partial charge is 0.240 e. The molecule has 2 aromatic carbocycles. The van der Waals surface area contributed by atoms with Gasteiger partial charge in [-0.2, -0.15) is 0 Å². The van der Waals surface area contributed by atoms with E-state index in [1.54, 1.807) is 57.2 Å². The molecule has 0 radical (unpaired) electrons. The number of para-hydroxylation sites is 2. The normalized spacial score (nSPS) is 15.4. The second-order valence-electron chi connectivity index (χ2n) is 7.07. The van der Waals surface area contributed by atoms with Crippen LogP contribution in [0.5, 0.6) is 11.5 Å². The molecule has 0 aliphatic carbocycles. The summed E-state index contributed by atoms with van der Waals surface area (Å²) in [4.78, 5) is 14.1. The Morgan fingerprint density at radius 1 is 1.11 bits per heavy atom. The molecule has 1 heterocycles. The largest absolute Gasteiger partial charge is 0.493 e. The predicted octanol–water partition coefficient (Wildman–Crippen LogP) is 2.31. The number of ether oxygens (including phenoxy) is 2. The van der Waals surface area contributed by atoms with Crippen LogP contribution in [-0.4, -0.2) is 41.6 Å². The van der Waals surface area contributed by atoms with Crippen LogP contribution in [0.2, 0.25) is 0 Å². The minimum absolute atomic E-state index is 0.0600. The van der Waals surface area contributed by atoms with Crippen molar-refractivity contribution in [3.05, 3.63) is 48.0 Å². The van der Waals surface area contributed by atoms with Crippen LogP contribution in [0.15, 0.2) is 47.4 Å². The first kappa shape index (κ1) is 20.2. The molecule has 0 unspecified atom stereocenters. The highest BCUT2D eigenvalue weighted by Crippen LogP contribution is 2.41. The third kappa shape index (κ3) is 3.57. The van der Waals surface area contributed by atoms with E-state index in [0.29, 0.717) is 17.1 Å². The number of amides is 1. The SMILES string of the molecule is COc1ccccc1OCCNS(=O)(=O)c1ccc2c(c1)C(C)(C)C(=O)N2C. The summed E-state index contributed by atoms with van der Waals surface area (Å²) >= 11 is 0. The van der Waals surface area contributed by atoms with E-state index in [2.05, 4.69) is 4.72 Å². The zero-order valence-electron chi connectivity index (χ0n) is 16.4. The summed E-state index contributed by atoms with van der Waals surface area (Å²) < 4.78 is 38.6. The zero-order chi connectivity index (χ0) is 20.5. The Balaban J connectivity index is 1.69. The first-order valence-electron chi connectivity index (χ1n) is 8.86. The number of sulfonamides is 1. The van der Waals surface area contributed by atoms with Crippen molar-refractivity contribution >= 4 is 21.6 Å². The Hall–Kier alpha value is -2.58. The number of methoxy groups -OCH3 is 1. The quantitative estimate of drug-likeness (QED) is 0.716. The van der Waals surface area contributed by atoms with Crippen molar-refractivity contribution in [1.29, 1.82) is 0 Å². The lowest BCUT2D eigenvalue weighted by Gasteiger charge is -2.17. The predicted molar refractivity (Wildman–Crippen MR) is 107 cm³/mol. The Bertz CT molecular complexity index is 1000. The van der Waals surface area contributed by atoms with Gasteiger partial charge in [-0.25, -0.2) is 13.1 Å². The molecule has 1 amide bonds. The topological polar surface area (TPSA) is 84.9 Å². The van der Waals surface area contributed by atoms with E-state index in [1.807, 2.05) is 12.1 Å². The van der Waals surface area contributed by atoms with Gasteiger partial charge in [-0.05, 0) is 49.7 Å². The van der Waals surface area contributed by atoms with Gasteiger partial charge in [0.2, 0.25) is 15.9 Å². The van der Waals surface area contributed by atoms with Gasteiger partial charge in [-0.3, -0.25) is 4.79 Å². The lowest BCUT2D eigenvalue weighted by atomic mass is 9.86. The average molecular weight is 404 g/mol. The maximum Gasteiger partial charge on any atom is 0.240 e. The highest BCUT2D eigenvalue weighted by Gasteiger charge is 2.42. The number of rotatable bonds is 7. The molecule has 150 valence electrons. The van der Waals surface area contributed by atoms with Gasteiger partial charge >= 0.3 is 0 Å². The summed E-state index contributed by atoms with van der Waals surface area (Å²) in [5.74, 6) is 1.07. The van der Waals surface area contributed by atoms with E-state index >= 15 is 0 Å². The minimum atomic E-state index is -3.73. The summed E-state index contributed by atoms with van der Waals surface area (Å²) in [6.07, 6.45) is 0. The van der Waals surface area contributed by atoms with Crippen LogP contribution in [0.1, 0.15) is 19.4 Å². The summed E-state index contributed by atoms with van der Waals surface area (Å²) in [7, 11) is -0.492. The van der Waals surface area contributed by atoms with Crippen LogP contribution in [0.4, 0.5) is 5.69 Å². The van der Waals surface area contributed by atoms with Gasteiger partial charge in [0.05, 0.1) is 17.4 Å². The standard InChI is InChI=1S/C20H24N2O5S/c1-20(2)15-13-14(9-10-16(15)22(3)19(20)23)28(24,25)21-11-12-27-18-8-6-5-7-17(18)26-4/h5-10,13,21H,11-12H2,1-4H3. The van der Waals surface area contributed by atoms with E-state index in [0.717, 1.165) is 5.69 Å². The third-order valence-corrected chi connectivity index (χ3v) is 6.33. The first-order chi connectivity index (χ1) is 13.2. The van der Waals surface area contributed by atoms with E-state index in [9.17, 15) is 13.2 Å². The van der Waals surface area contributed by atoms with Gasteiger partial charge in [-0.1, -0.05) is 12.1 Å². The fraction of sp³-hybridized carbons (Fsp3) is 0.350. The fourth-order valence-electron chi connectivity index (χ4n) is 3.28. The number of nitrogens with zero attached hydrogens (tertiary/aromatic N) is 1. The van der Waals surface area contributed by atoms with Crippen molar-refractivity contribution in [1.82, 2.24) is 4.72 Å². The average Bonchev–Trinajstić information content (AvgIpc) is 2.85. The number of likely N-dealkylation sites (N-methyl/N-ethyl adjacent to an activating group) is 1. The van der Waals surface area contributed by atoms with Crippen molar-refractivity contribution < 1.29 is 22.7 Å². The van der Waals surface area contributed by atoms with Crippen LogP contribution in [-0.2, 0) is 20.2 Å². The number of benzene rings is 2. The number of carbonyl (C=O) groups is 1. The molecule has 0 bridgehead atoms. The molecule has 1 N–H and O–H groups in total. The molecule has 0 saturated heterocycles. The molecule has 7 nitrogen and oxygen atoms in total. The van der Waals surface area contributed by atoms with E-state index in [4.69, 9.17) is 9.47 Å². The highest BCUT2D eigenvalue weighted by molar-refractivity contribution is 7.89. The molecule has 2 aromatic rings. The molecule has 3 rings (SSSR count). The maximum atomic E-state index is 12.7. The summed E-state index contributed by atoms with van der Waals surface area (Å²) in [6.45, 7) is 3.84. The summed E-state index contributed by atoms with van der Waals surface area (Å²) in [5, 5.41) is 0. The van der Waals surface area contributed by atoms with Crippen LogP contribution in [0.25, 0.3) is 0 Å². The van der Waals surface area contributed by atoms with E-state index in [1.165, 1.54) is 6.07 Å². The van der Waals surface area contributed by atoms with E-state index in [-0.39, 0.29) is 24.0 Å². The van der Waals surface area contributed by atoms with Crippen LogP contribution < -0.4 is 19.1 Å². The van der Waals surface area contributed by atoms with Crippen molar-refractivity contribution in [2.24, 2.45) is 0 Å². The van der Waals surface area contributed by atoms with Crippen molar-refractivity contribution in [3.63, 3.8) is 0 Å². The molecular weight excluding hydrogens is 380 g/mol. The van der Waals surface area contributed by atoms with Gasteiger partial charge in [0.25, 0.3) is 0 Å². The number of nitrogens with one attached hydrogen (secondary N) is 1. The van der Waals surface area contributed by atoms with Gasteiger partial charge in [0.15, 0.2) is 11.5 Å². The zero-order valence-corrected chi connectivity index (χ0v) is 17.2. The van der Waals surface area contributed by atoms with Crippen LogP contribution in [0.3, 0.4) is 0 Å². The van der Waals surface area contributed by atoms with Gasteiger partial charge in [-0.15, -0.1) is 0 Å². The molecule has 28 heavy (non-hydrogen) atoms. The fourth-order valence-corrected chi connectivity index (χ4v) is 4.32. The van der Waals surface area contributed by atoms with E-state index < -0.39 is 15.4 Å². The number of hydrogen-bond acceptors (Lipinski definition) is 5. The molecule has 0 spiro atoms. The second-order valence-corrected chi connectivity index (χ2v) is 8.83.